The fourth-order valence-corrected chi connectivity index (χ4v) is 5.87. The quantitative estimate of drug-likeness (QED) is 0.386. The third kappa shape index (κ3) is 8.37. The van der Waals surface area contributed by atoms with Gasteiger partial charge in [-0.1, -0.05) is 24.3 Å². The van der Waals surface area contributed by atoms with Gasteiger partial charge in [0.2, 0.25) is 11.8 Å². The molecular weight excluding hydrogens is 584 g/mol. The van der Waals surface area contributed by atoms with Gasteiger partial charge in [0.25, 0.3) is 5.91 Å². The number of carbonyl (C=O) groups excluding carboxylic acids is 4. The average molecular weight is 635 g/mol. The minimum Gasteiger partial charge on any atom is -0.444 e. The fraction of sp³-hybridized carbons (Fsp3) is 0.543. The zero-order valence-corrected chi connectivity index (χ0v) is 28.7. The summed E-state index contributed by atoms with van der Waals surface area (Å²) in [4.78, 5) is 57.7. The van der Waals surface area contributed by atoms with Gasteiger partial charge in [-0.05, 0) is 89.3 Å². The molecule has 1 N–H and O–H groups in total. The lowest BCUT2D eigenvalue weighted by atomic mass is 9.98. The Morgan fingerprint density at radius 1 is 0.978 bits per heavy atom. The van der Waals surface area contributed by atoms with Crippen molar-refractivity contribution in [3.63, 3.8) is 0 Å². The number of amides is 4. The maximum absolute atomic E-state index is 13.8. The molecule has 0 aromatic heterocycles. The molecule has 2 aliphatic rings. The zero-order chi connectivity index (χ0) is 33.8. The Morgan fingerprint density at radius 2 is 1.63 bits per heavy atom. The minimum atomic E-state index is -0.663. The topological polar surface area (TPSA) is 106 Å². The van der Waals surface area contributed by atoms with Crippen molar-refractivity contribution in [1.29, 1.82) is 0 Å². The molecule has 0 saturated carbocycles. The van der Waals surface area contributed by atoms with Gasteiger partial charge >= 0.3 is 6.09 Å². The number of likely N-dealkylation sites (N-methyl/N-ethyl adjacent to an activating group) is 1. The summed E-state index contributed by atoms with van der Waals surface area (Å²) in [6.45, 7) is 15.2. The molecule has 0 spiro atoms. The Morgan fingerprint density at radius 3 is 2.22 bits per heavy atom. The van der Waals surface area contributed by atoms with Crippen LogP contribution in [0.2, 0.25) is 0 Å². The van der Waals surface area contributed by atoms with Crippen molar-refractivity contribution in [3.05, 3.63) is 58.7 Å². The van der Waals surface area contributed by atoms with Crippen LogP contribution in [-0.2, 0) is 38.6 Å². The Hall–Kier alpha value is -4.12. The van der Waals surface area contributed by atoms with Crippen molar-refractivity contribution < 1.29 is 23.9 Å². The van der Waals surface area contributed by atoms with E-state index in [4.69, 9.17) is 4.74 Å². The maximum Gasteiger partial charge on any atom is 0.410 e. The van der Waals surface area contributed by atoms with Gasteiger partial charge in [-0.2, -0.15) is 0 Å². The lowest BCUT2D eigenvalue weighted by molar-refractivity contribution is -0.151. The van der Waals surface area contributed by atoms with Crippen molar-refractivity contribution in [2.45, 2.75) is 86.0 Å². The van der Waals surface area contributed by atoms with Crippen LogP contribution >= 0.6 is 0 Å². The first-order chi connectivity index (χ1) is 21.7. The minimum absolute atomic E-state index is 0.0314. The first-order valence-electron chi connectivity index (χ1n) is 16.2. The van der Waals surface area contributed by atoms with Gasteiger partial charge in [0, 0.05) is 63.6 Å². The van der Waals surface area contributed by atoms with Crippen molar-refractivity contribution in [1.82, 2.24) is 19.8 Å². The number of benzene rings is 2. The summed E-state index contributed by atoms with van der Waals surface area (Å²) >= 11 is 0. The lowest BCUT2D eigenvalue weighted by Crippen LogP contribution is -2.51. The summed E-state index contributed by atoms with van der Waals surface area (Å²) < 4.78 is 5.62. The first kappa shape index (κ1) is 34.7. The highest BCUT2D eigenvalue weighted by molar-refractivity contribution is 5.97. The molecule has 11 heteroatoms. The average Bonchev–Trinajstić information content (AvgIpc) is 3.42. The Labute approximate surface area is 273 Å². The lowest BCUT2D eigenvalue weighted by Gasteiger charge is -2.34. The molecule has 250 valence electrons. The molecule has 2 aromatic carbocycles. The Balaban J connectivity index is 1.49. The van der Waals surface area contributed by atoms with Crippen LogP contribution in [0.25, 0.3) is 0 Å². The molecule has 0 aliphatic carbocycles. The highest BCUT2D eigenvalue weighted by Crippen LogP contribution is 2.32. The van der Waals surface area contributed by atoms with Crippen LogP contribution in [0.15, 0.2) is 36.4 Å². The fourth-order valence-electron chi connectivity index (χ4n) is 5.87. The largest absolute Gasteiger partial charge is 0.444 e. The number of hydrogen-bond donors (Lipinski definition) is 1. The molecule has 2 heterocycles. The van der Waals surface area contributed by atoms with E-state index in [1.165, 1.54) is 16.0 Å². The first-order valence-corrected chi connectivity index (χ1v) is 16.2. The number of aryl methyl sites for hydroxylation is 2. The van der Waals surface area contributed by atoms with Crippen LogP contribution in [0, 0.1) is 6.92 Å². The number of carbonyl (C=O) groups is 4. The predicted octanol–water partition coefficient (Wildman–Crippen LogP) is 4.57. The number of rotatable bonds is 11. The summed E-state index contributed by atoms with van der Waals surface area (Å²) in [5.41, 5.74) is 5.41. The highest BCUT2D eigenvalue weighted by atomic mass is 16.6. The highest BCUT2D eigenvalue weighted by Gasteiger charge is 2.30. The summed E-state index contributed by atoms with van der Waals surface area (Å²) in [6, 6.07) is 12.0. The maximum atomic E-state index is 13.8. The number of hydrogen-bond acceptors (Lipinski definition) is 7. The summed E-state index contributed by atoms with van der Waals surface area (Å²) in [7, 11) is 1.73. The van der Waals surface area contributed by atoms with E-state index in [1.807, 2.05) is 77.7 Å². The summed E-state index contributed by atoms with van der Waals surface area (Å²) in [6.07, 6.45) is 0.643. The van der Waals surface area contributed by atoms with Gasteiger partial charge in [-0.3, -0.25) is 19.4 Å². The van der Waals surface area contributed by atoms with E-state index in [-0.39, 0.29) is 49.9 Å². The molecule has 0 atom stereocenters. The van der Waals surface area contributed by atoms with E-state index < -0.39 is 11.7 Å². The SMILES string of the molecule is CCN1C(=O)CCc2cc(NCC(=O)N(CCN(C(=O)OC(C)(C)C)C(C)C)CC(=O)N(C)N3Cc4ccccc4C3)c(C)cc21. The summed E-state index contributed by atoms with van der Waals surface area (Å²) in [5, 5.41) is 6.85. The second kappa shape index (κ2) is 14.5. The molecule has 46 heavy (non-hydrogen) atoms. The Bertz CT molecular complexity index is 1430. The van der Waals surface area contributed by atoms with Gasteiger partial charge in [-0.15, -0.1) is 0 Å². The van der Waals surface area contributed by atoms with Crippen LogP contribution in [0.3, 0.4) is 0 Å². The third-order valence-electron chi connectivity index (χ3n) is 8.52. The molecule has 2 aromatic rings. The van der Waals surface area contributed by atoms with E-state index in [0.29, 0.717) is 32.5 Å². The van der Waals surface area contributed by atoms with E-state index in [1.54, 1.807) is 21.9 Å². The smallest absolute Gasteiger partial charge is 0.410 e. The van der Waals surface area contributed by atoms with Gasteiger partial charge < -0.3 is 24.8 Å². The normalized spacial score (nSPS) is 14.5. The van der Waals surface area contributed by atoms with E-state index in [2.05, 4.69) is 17.4 Å². The molecule has 11 nitrogen and oxygen atoms in total. The number of anilines is 2. The number of nitrogens with zero attached hydrogens (tertiary/aromatic N) is 5. The molecular formula is C35H50N6O5. The van der Waals surface area contributed by atoms with Crippen molar-refractivity contribution in [2.24, 2.45) is 0 Å². The van der Waals surface area contributed by atoms with E-state index in [9.17, 15) is 19.2 Å². The van der Waals surface area contributed by atoms with Gasteiger partial charge in [0.05, 0.1) is 6.54 Å². The van der Waals surface area contributed by atoms with Crippen molar-refractivity contribution >= 4 is 35.2 Å². The Kier molecular flexibility index (Phi) is 11.0. The predicted molar refractivity (Wildman–Crippen MR) is 179 cm³/mol. The molecule has 0 unspecified atom stereocenters. The van der Waals surface area contributed by atoms with Crippen LogP contribution < -0.4 is 10.2 Å². The number of nitrogens with one attached hydrogen (secondary N) is 1. The van der Waals surface area contributed by atoms with Crippen LogP contribution in [0.5, 0.6) is 0 Å². The van der Waals surface area contributed by atoms with Crippen LogP contribution in [-0.4, -0.2) is 95.0 Å². The number of hydrazine groups is 1. The zero-order valence-electron chi connectivity index (χ0n) is 28.7. The van der Waals surface area contributed by atoms with Gasteiger partial charge in [0.1, 0.15) is 12.1 Å². The number of fused-ring (bicyclic) bond motifs is 2. The standard InChI is InChI=1S/C35H50N6O5/c1-9-40-30-18-25(4)29(19-26(30)14-15-31(40)42)36-20-32(43)38(16-17-41(24(2)3)34(45)46-35(5,6)7)23-33(44)37(8)39-21-27-12-10-11-13-28(27)22-39/h10-13,18-19,24,36H,9,14-17,20-23H2,1-8H3. The summed E-state index contributed by atoms with van der Waals surface area (Å²) in [5.74, 6) is -0.360. The molecule has 0 bridgehead atoms. The number of ether oxygens (including phenoxy) is 1. The van der Waals surface area contributed by atoms with Gasteiger partial charge in [0.15, 0.2) is 0 Å². The van der Waals surface area contributed by atoms with Crippen LogP contribution in [0.4, 0.5) is 16.2 Å². The molecule has 2 aliphatic heterocycles. The molecule has 4 amide bonds. The molecule has 0 saturated heterocycles. The van der Waals surface area contributed by atoms with Crippen molar-refractivity contribution in [2.75, 3.05) is 50.0 Å². The third-order valence-corrected chi connectivity index (χ3v) is 8.52. The van der Waals surface area contributed by atoms with Crippen molar-refractivity contribution in [3.8, 4) is 0 Å². The van der Waals surface area contributed by atoms with E-state index >= 15 is 0 Å². The second-order valence-corrected chi connectivity index (χ2v) is 13.4. The monoisotopic (exact) mass is 634 g/mol. The van der Waals surface area contributed by atoms with E-state index in [0.717, 1.165) is 22.5 Å². The second-order valence-electron chi connectivity index (χ2n) is 13.4. The van der Waals surface area contributed by atoms with Crippen LogP contribution in [0.1, 0.15) is 70.2 Å². The van der Waals surface area contributed by atoms with Gasteiger partial charge in [-0.25, -0.2) is 9.80 Å². The molecule has 0 fully saturated rings. The molecule has 4 rings (SSSR count). The molecule has 0 radical (unpaired) electrons.